The highest BCUT2D eigenvalue weighted by atomic mass is 79.9. The first-order chi connectivity index (χ1) is 3.77. The maximum absolute atomic E-state index is 2.35. The molecule has 1 aliphatic rings. The van der Waals surface area contributed by atoms with Crippen LogP contribution in [0.2, 0.25) is 0 Å². The van der Waals surface area contributed by atoms with E-state index in [0.29, 0.717) is 0 Å². The predicted octanol–water partition coefficient (Wildman–Crippen LogP) is -2.57. The summed E-state index contributed by atoms with van der Waals surface area (Å²) < 4.78 is 1.32. The van der Waals surface area contributed by atoms with Gasteiger partial charge in [-0.1, -0.05) is 0 Å². The molecule has 1 heterocycles. The Bertz CT molecular complexity index is 81.7. The molecule has 1 aliphatic heterocycles. The second kappa shape index (κ2) is 5.10. The second-order valence-electron chi connectivity index (χ2n) is 3.09. The standard InChI is InChI=1S/C7H16N.BrH.H2O/c1-3-8(2)6-4-5-7-8;;/h3-7H2,1-2H3;1H;1H2/q+1;;/p-1. The van der Waals surface area contributed by atoms with Crippen molar-refractivity contribution < 1.29 is 26.9 Å². The van der Waals surface area contributed by atoms with E-state index in [2.05, 4.69) is 14.0 Å². The molecule has 2 nitrogen and oxygen atoms in total. The smallest absolute Gasteiger partial charge is 0.0786 e. The highest BCUT2D eigenvalue weighted by Crippen LogP contribution is 2.14. The van der Waals surface area contributed by atoms with E-state index in [1.807, 2.05) is 0 Å². The fourth-order valence-corrected chi connectivity index (χ4v) is 1.42. The molecule has 0 aromatic carbocycles. The number of hydrogen-bond acceptors (Lipinski definition) is 0. The van der Waals surface area contributed by atoms with Crippen LogP contribution in [0.5, 0.6) is 0 Å². The summed E-state index contributed by atoms with van der Waals surface area (Å²) in [5.74, 6) is 0. The summed E-state index contributed by atoms with van der Waals surface area (Å²) in [6, 6.07) is 0. The Labute approximate surface area is 73.9 Å². The summed E-state index contributed by atoms with van der Waals surface area (Å²) >= 11 is 0. The van der Waals surface area contributed by atoms with Crippen molar-refractivity contribution in [1.82, 2.24) is 0 Å². The summed E-state index contributed by atoms with van der Waals surface area (Å²) in [6.45, 7) is 6.43. The van der Waals surface area contributed by atoms with Crippen LogP contribution in [-0.2, 0) is 0 Å². The predicted molar refractivity (Wildman–Crippen MR) is 39.3 cm³/mol. The van der Waals surface area contributed by atoms with Crippen LogP contribution in [-0.4, -0.2) is 36.6 Å². The van der Waals surface area contributed by atoms with Crippen LogP contribution in [0.15, 0.2) is 0 Å². The number of likely N-dealkylation sites (tertiary alicyclic amines) is 1. The van der Waals surface area contributed by atoms with E-state index < -0.39 is 0 Å². The van der Waals surface area contributed by atoms with Crippen molar-refractivity contribution >= 4 is 0 Å². The molecule has 0 aromatic heterocycles. The molecule has 3 heteroatoms. The lowest BCUT2D eigenvalue weighted by Crippen LogP contribution is -3.00. The fourth-order valence-electron chi connectivity index (χ4n) is 1.42. The van der Waals surface area contributed by atoms with Gasteiger partial charge in [0.15, 0.2) is 0 Å². The Balaban J connectivity index is 0. The van der Waals surface area contributed by atoms with Gasteiger partial charge in [0.05, 0.1) is 26.7 Å². The minimum absolute atomic E-state index is 0. The quantitative estimate of drug-likeness (QED) is 0.428. The first-order valence-corrected chi connectivity index (χ1v) is 3.60. The molecule has 0 unspecified atom stereocenters. The van der Waals surface area contributed by atoms with Crippen LogP contribution in [0.4, 0.5) is 0 Å². The molecular weight excluding hydrogens is 194 g/mol. The third-order valence-electron chi connectivity index (χ3n) is 2.41. The summed E-state index contributed by atoms with van der Waals surface area (Å²) in [5, 5.41) is 0. The molecule has 10 heavy (non-hydrogen) atoms. The van der Waals surface area contributed by atoms with Gasteiger partial charge in [0.1, 0.15) is 0 Å². The average molecular weight is 212 g/mol. The summed E-state index contributed by atoms with van der Waals surface area (Å²) in [4.78, 5) is 0. The monoisotopic (exact) mass is 211 g/mol. The minimum Gasteiger partial charge on any atom is -1.00 e. The van der Waals surface area contributed by atoms with Crippen LogP contribution in [0.3, 0.4) is 0 Å². The van der Waals surface area contributed by atoms with E-state index in [0.717, 1.165) is 0 Å². The van der Waals surface area contributed by atoms with Crippen LogP contribution in [0.25, 0.3) is 0 Å². The van der Waals surface area contributed by atoms with Gasteiger partial charge < -0.3 is 26.9 Å². The molecule has 0 spiro atoms. The van der Waals surface area contributed by atoms with E-state index in [1.165, 1.54) is 37.0 Å². The van der Waals surface area contributed by atoms with Crippen molar-refractivity contribution in [2.45, 2.75) is 19.8 Å². The highest BCUT2D eigenvalue weighted by Gasteiger charge is 2.23. The van der Waals surface area contributed by atoms with E-state index in [9.17, 15) is 0 Å². The molecule has 0 atom stereocenters. The lowest BCUT2D eigenvalue weighted by molar-refractivity contribution is -0.895. The lowest BCUT2D eigenvalue weighted by Gasteiger charge is -2.26. The van der Waals surface area contributed by atoms with E-state index in [4.69, 9.17) is 0 Å². The second-order valence-corrected chi connectivity index (χ2v) is 3.09. The Morgan fingerprint density at radius 3 is 1.80 bits per heavy atom. The highest BCUT2D eigenvalue weighted by molar-refractivity contribution is 4.49. The Kier molecular flexibility index (Phi) is 6.65. The van der Waals surface area contributed by atoms with Crippen molar-refractivity contribution in [2.24, 2.45) is 0 Å². The molecule has 1 rings (SSSR count). The van der Waals surface area contributed by atoms with E-state index >= 15 is 0 Å². The third-order valence-corrected chi connectivity index (χ3v) is 2.41. The zero-order valence-corrected chi connectivity index (χ0v) is 8.45. The summed E-state index contributed by atoms with van der Waals surface area (Å²) in [7, 11) is 2.35. The van der Waals surface area contributed by atoms with Gasteiger partial charge in [-0.25, -0.2) is 0 Å². The molecule has 0 amide bonds. The summed E-state index contributed by atoms with van der Waals surface area (Å²) in [6.07, 6.45) is 2.90. The van der Waals surface area contributed by atoms with Gasteiger partial charge in [-0.2, -0.15) is 0 Å². The van der Waals surface area contributed by atoms with Crippen LogP contribution >= 0.6 is 0 Å². The molecule has 2 N–H and O–H groups in total. The number of nitrogens with zero attached hydrogens (tertiary/aromatic N) is 1. The zero-order chi connectivity index (χ0) is 6.04. The first-order valence-electron chi connectivity index (χ1n) is 3.60. The molecule has 0 aromatic rings. The van der Waals surface area contributed by atoms with Crippen molar-refractivity contribution in [1.29, 1.82) is 0 Å². The Hall–Kier alpha value is 0.400. The topological polar surface area (TPSA) is 31.5 Å². The largest absolute Gasteiger partial charge is 1.00 e. The number of hydrogen-bond donors (Lipinski definition) is 0. The maximum atomic E-state index is 2.35. The number of rotatable bonds is 1. The van der Waals surface area contributed by atoms with Crippen molar-refractivity contribution in [3.05, 3.63) is 0 Å². The normalized spacial score (nSPS) is 21.0. The van der Waals surface area contributed by atoms with Crippen LogP contribution in [0, 0.1) is 0 Å². The zero-order valence-electron chi connectivity index (χ0n) is 6.86. The maximum Gasteiger partial charge on any atom is 0.0786 e. The number of quaternary nitrogens is 1. The minimum atomic E-state index is 0. The summed E-state index contributed by atoms with van der Waals surface area (Å²) in [5.41, 5.74) is 0. The van der Waals surface area contributed by atoms with Gasteiger partial charge in [0.2, 0.25) is 0 Å². The average Bonchev–Trinajstić information content (AvgIpc) is 2.17. The van der Waals surface area contributed by atoms with E-state index in [-0.39, 0.29) is 22.5 Å². The van der Waals surface area contributed by atoms with Crippen LogP contribution < -0.4 is 17.0 Å². The van der Waals surface area contributed by atoms with Gasteiger partial charge in [-0.3, -0.25) is 0 Å². The molecule has 0 bridgehead atoms. The molecule has 0 aliphatic carbocycles. The molecule has 1 fully saturated rings. The SMILES string of the molecule is CC[N+]1(C)CCCC1.O.[Br-]. The fraction of sp³-hybridized carbons (Fsp3) is 1.00. The van der Waals surface area contributed by atoms with Gasteiger partial charge in [0.25, 0.3) is 0 Å². The van der Waals surface area contributed by atoms with Crippen molar-refractivity contribution in [3.63, 3.8) is 0 Å². The molecular formula is C7H18BrNO. The first kappa shape index (κ1) is 13.0. The van der Waals surface area contributed by atoms with Gasteiger partial charge >= 0.3 is 0 Å². The molecule has 0 radical (unpaired) electrons. The van der Waals surface area contributed by atoms with Crippen LogP contribution in [0.1, 0.15) is 19.8 Å². The van der Waals surface area contributed by atoms with Gasteiger partial charge in [-0.15, -0.1) is 0 Å². The van der Waals surface area contributed by atoms with Crippen molar-refractivity contribution in [3.8, 4) is 0 Å². The third kappa shape index (κ3) is 2.99. The number of halogens is 1. The molecule has 64 valence electrons. The van der Waals surface area contributed by atoms with Crippen molar-refractivity contribution in [2.75, 3.05) is 26.7 Å². The van der Waals surface area contributed by atoms with Gasteiger partial charge in [-0.05, 0) is 6.92 Å². The Morgan fingerprint density at radius 1 is 1.20 bits per heavy atom. The van der Waals surface area contributed by atoms with Gasteiger partial charge in [0, 0.05) is 12.8 Å². The lowest BCUT2D eigenvalue weighted by atomic mass is 10.4. The molecule has 0 saturated carbocycles. The molecule has 1 saturated heterocycles. The van der Waals surface area contributed by atoms with E-state index in [1.54, 1.807) is 0 Å². The Morgan fingerprint density at radius 2 is 1.60 bits per heavy atom.